The summed E-state index contributed by atoms with van der Waals surface area (Å²) >= 11 is 0. The molecule has 168 valence electrons. The van der Waals surface area contributed by atoms with Crippen LogP contribution in [-0.4, -0.2) is 24.8 Å². The van der Waals surface area contributed by atoms with Crippen LogP contribution in [-0.2, 0) is 22.4 Å². The zero-order chi connectivity index (χ0) is 23.2. The summed E-state index contributed by atoms with van der Waals surface area (Å²) in [4.78, 5) is 11.6. The highest BCUT2D eigenvalue weighted by atomic mass is 19.1. The highest BCUT2D eigenvalue weighted by Crippen LogP contribution is 2.34. The van der Waals surface area contributed by atoms with Gasteiger partial charge in [0.15, 0.2) is 0 Å². The van der Waals surface area contributed by atoms with Gasteiger partial charge in [0.05, 0.1) is 13.7 Å². The normalized spacial score (nSPS) is 10.8. The summed E-state index contributed by atoms with van der Waals surface area (Å²) in [5.41, 5.74) is 3.44. The molecule has 0 aromatic heterocycles. The zero-order valence-electron chi connectivity index (χ0n) is 18.4. The molecule has 4 aromatic carbocycles. The number of aryl methyl sites for hydroxylation is 1. The van der Waals surface area contributed by atoms with Gasteiger partial charge in [0.1, 0.15) is 17.3 Å². The lowest BCUT2D eigenvalue weighted by Crippen LogP contribution is -2.05. The zero-order valence-corrected chi connectivity index (χ0v) is 18.4. The molecule has 4 rings (SSSR count). The minimum Gasteiger partial charge on any atom is -0.508 e. The molecule has 0 heterocycles. The number of halogens is 1. The molecule has 0 fully saturated rings. The van der Waals surface area contributed by atoms with Crippen molar-refractivity contribution in [2.24, 2.45) is 0 Å². The van der Waals surface area contributed by atoms with Crippen molar-refractivity contribution in [2.45, 2.75) is 19.3 Å². The number of phenolic OH excluding ortho intramolecular Hbond substituents is 1. The van der Waals surface area contributed by atoms with E-state index in [1.54, 1.807) is 24.3 Å². The molecule has 0 radical (unpaired) electrons. The van der Waals surface area contributed by atoms with E-state index in [1.165, 1.54) is 13.2 Å². The number of rotatable bonds is 8. The van der Waals surface area contributed by atoms with Crippen LogP contribution in [0.2, 0.25) is 0 Å². The van der Waals surface area contributed by atoms with Gasteiger partial charge >= 0.3 is 5.97 Å². The van der Waals surface area contributed by atoms with E-state index in [9.17, 15) is 14.3 Å². The first-order valence-electron chi connectivity index (χ1n) is 10.8. The maximum absolute atomic E-state index is 14.0. The first kappa shape index (κ1) is 22.3. The summed E-state index contributed by atoms with van der Waals surface area (Å²) in [5.74, 6) is 0.410. The molecule has 4 nitrogen and oxygen atoms in total. The Morgan fingerprint density at radius 2 is 1.70 bits per heavy atom. The molecule has 0 aliphatic carbocycles. The number of hydrogen-bond donors (Lipinski definition) is 1. The van der Waals surface area contributed by atoms with Gasteiger partial charge in [0.2, 0.25) is 0 Å². The van der Waals surface area contributed by atoms with Crippen molar-refractivity contribution in [3.63, 3.8) is 0 Å². The molecule has 0 aliphatic rings. The van der Waals surface area contributed by atoms with Gasteiger partial charge in [-0.3, -0.25) is 4.79 Å². The molecule has 33 heavy (non-hydrogen) atoms. The van der Waals surface area contributed by atoms with Crippen molar-refractivity contribution >= 4 is 16.7 Å². The average molecular weight is 445 g/mol. The Labute approximate surface area is 192 Å². The summed E-state index contributed by atoms with van der Waals surface area (Å²) in [6.07, 6.45) is 1.30. The minimum absolute atomic E-state index is 0.220. The lowest BCUT2D eigenvalue weighted by atomic mass is 9.97. The number of carbonyl (C=O) groups is 1. The van der Waals surface area contributed by atoms with Crippen LogP contribution in [0.4, 0.5) is 4.39 Å². The van der Waals surface area contributed by atoms with E-state index in [1.807, 2.05) is 48.5 Å². The van der Waals surface area contributed by atoms with Crippen LogP contribution in [0.15, 0.2) is 78.9 Å². The Balaban J connectivity index is 1.63. The van der Waals surface area contributed by atoms with Gasteiger partial charge in [0.25, 0.3) is 0 Å². The molecule has 0 bridgehead atoms. The van der Waals surface area contributed by atoms with E-state index in [4.69, 9.17) is 9.47 Å². The number of phenols is 1. The largest absolute Gasteiger partial charge is 0.508 e. The van der Waals surface area contributed by atoms with Gasteiger partial charge in [-0.2, -0.15) is 0 Å². The van der Waals surface area contributed by atoms with Crippen molar-refractivity contribution < 1.29 is 23.8 Å². The molecule has 0 spiro atoms. The fourth-order valence-corrected chi connectivity index (χ4v) is 3.81. The van der Waals surface area contributed by atoms with E-state index in [-0.39, 0.29) is 17.5 Å². The second kappa shape index (κ2) is 10.2. The fourth-order valence-electron chi connectivity index (χ4n) is 3.81. The van der Waals surface area contributed by atoms with Crippen LogP contribution in [0.1, 0.15) is 17.5 Å². The molecule has 4 aromatic rings. The van der Waals surface area contributed by atoms with Crippen molar-refractivity contribution in [3.8, 4) is 22.6 Å². The lowest BCUT2D eigenvalue weighted by molar-refractivity contribution is -0.140. The Kier molecular flexibility index (Phi) is 6.89. The van der Waals surface area contributed by atoms with Crippen LogP contribution >= 0.6 is 0 Å². The second-order valence-corrected chi connectivity index (χ2v) is 7.84. The fraction of sp³-hybridized carbons (Fsp3) is 0.179. The Morgan fingerprint density at radius 3 is 2.52 bits per heavy atom. The molecule has 0 saturated heterocycles. The minimum atomic E-state index is -0.257. The maximum Gasteiger partial charge on any atom is 0.305 e. The molecule has 1 N–H and O–H groups in total. The van der Waals surface area contributed by atoms with E-state index < -0.39 is 0 Å². The smallest absolute Gasteiger partial charge is 0.305 e. The number of carbonyl (C=O) groups excluding carboxylic acids is 1. The summed E-state index contributed by atoms with van der Waals surface area (Å²) in [5, 5.41) is 11.7. The maximum atomic E-state index is 14.0. The van der Waals surface area contributed by atoms with Crippen LogP contribution in [0.25, 0.3) is 21.9 Å². The number of aromatic hydroxyl groups is 1. The predicted octanol–water partition coefficient (Wildman–Crippen LogP) is 6.08. The molecule has 0 aliphatic heterocycles. The number of ether oxygens (including phenoxy) is 2. The van der Waals surface area contributed by atoms with E-state index in [0.29, 0.717) is 37.2 Å². The highest BCUT2D eigenvalue weighted by Gasteiger charge is 2.11. The Hall–Kier alpha value is -3.86. The number of benzene rings is 4. The lowest BCUT2D eigenvalue weighted by Gasteiger charge is -2.15. The number of hydrogen-bond acceptors (Lipinski definition) is 4. The second-order valence-electron chi connectivity index (χ2n) is 7.84. The van der Waals surface area contributed by atoms with Gasteiger partial charge in [-0.1, -0.05) is 42.5 Å². The third-order valence-corrected chi connectivity index (χ3v) is 5.61. The third-order valence-electron chi connectivity index (χ3n) is 5.61. The van der Waals surface area contributed by atoms with E-state index in [0.717, 1.165) is 27.5 Å². The van der Waals surface area contributed by atoms with E-state index in [2.05, 4.69) is 0 Å². The van der Waals surface area contributed by atoms with Crippen molar-refractivity contribution in [1.82, 2.24) is 0 Å². The van der Waals surface area contributed by atoms with Gasteiger partial charge in [-0.15, -0.1) is 0 Å². The van der Waals surface area contributed by atoms with Crippen LogP contribution in [0, 0.1) is 5.82 Å². The van der Waals surface area contributed by atoms with Gasteiger partial charge in [-0.25, -0.2) is 4.39 Å². The molecule has 0 unspecified atom stereocenters. The van der Waals surface area contributed by atoms with Crippen molar-refractivity contribution in [2.75, 3.05) is 13.7 Å². The third kappa shape index (κ3) is 5.50. The molecule has 0 atom stereocenters. The molecule has 5 heteroatoms. The van der Waals surface area contributed by atoms with Gasteiger partial charge in [-0.05, 0) is 70.3 Å². The quantitative estimate of drug-likeness (QED) is 0.335. The summed E-state index contributed by atoms with van der Waals surface area (Å²) in [6.45, 7) is 0.330. The molecule has 0 amide bonds. The molecule has 0 saturated carbocycles. The number of methoxy groups -OCH3 is 1. The van der Waals surface area contributed by atoms with Crippen LogP contribution in [0.5, 0.6) is 11.5 Å². The Bertz CT molecular complexity index is 1280. The van der Waals surface area contributed by atoms with Crippen LogP contribution in [0.3, 0.4) is 0 Å². The molecular weight excluding hydrogens is 419 g/mol. The summed E-state index contributed by atoms with van der Waals surface area (Å²) < 4.78 is 24.8. The van der Waals surface area contributed by atoms with Crippen LogP contribution < -0.4 is 4.74 Å². The standard InChI is InChI=1S/C28H25FO4/c1-32-28(31)13-7-19-6-12-27(33-15-14-20-4-2-3-5-26(20)29)25(16-19)23-9-8-22-18-24(30)11-10-21(22)17-23/h2-6,8-12,16-18,30H,7,13-15H2,1H3. The monoisotopic (exact) mass is 444 g/mol. The summed E-state index contributed by atoms with van der Waals surface area (Å²) in [6, 6.07) is 23.8. The SMILES string of the molecule is COC(=O)CCc1ccc(OCCc2ccccc2F)c(-c2ccc3cc(O)ccc3c2)c1. The first-order valence-corrected chi connectivity index (χ1v) is 10.8. The molecular formula is C28H25FO4. The average Bonchev–Trinajstić information content (AvgIpc) is 2.83. The van der Waals surface area contributed by atoms with Crippen molar-refractivity contribution in [1.29, 1.82) is 0 Å². The number of esters is 1. The topological polar surface area (TPSA) is 55.8 Å². The Morgan fingerprint density at radius 1 is 0.909 bits per heavy atom. The number of fused-ring (bicyclic) bond motifs is 1. The van der Waals surface area contributed by atoms with Crippen molar-refractivity contribution in [3.05, 3.63) is 95.8 Å². The predicted molar refractivity (Wildman–Crippen MR) is 127 cm³/mol. The van der Waals surface area contributed by atoms with Gasteiger partial charge < -0.3 is 14.6 Å². The van der Waals surface area contributed by atoms with Gasteiger partial charge in [0, 0.05) is 18.4 Å². The first-order chi connectivity index (χ1) is 16.0. The van der Waals surface area contributed by atoms with E-state index >= 15 is 0 Å². The highest BCUT2D eigenvalue weighted by molar-refractivity contribution is 5.89. The summed E-state index contributed by atoms with van der Waals surface area (Å²) in [7, 11) is 1.38.